The summed E-state index contributed by atoms with van der Waals surface area (Å²) >= 11 is 1.51. The number of aryl methyl sites for hydroxylation is 1. The van der Waals surface area contributed by atoms with E-state index in [4.69, 9.17) is 10.7 Å². The number of hydrogen-bond donors (Lipinski definition) is 1. The normalized spacial score (nSPS) is 11.4. The smallest absolute Gasteiger partial charge is 0.210 e. The Kier molecular flexibility index (Phi) is 4.58. The summed E-state index contributed by atoms with van der Waals surface area (Å²) in [6, 6.07) is 30.3. The van der Waals surface area contributed by atoms with Crippen LogP contribution in [0.2, 0.25) is 0 Å². The van der Waals surface area contributed by atoms with E-state index >= 15 is 0 Å². The molecule has 0 saturated carbocycles. The largest absolute Gasteiger partial charge is 0.375 e. The van der Waals surface area contributed by atoms with Gasteiger partial charge in [-0.05, 0) is 48.9 Å². The van der Waals surface area contributed by atoms with Crippen LogP contribution < -0.4 is 27.1 Å². The van der Waals surface area contributed by atoms with Crippen LogP contribution in [0.15, 0.2) is 90.3 Å². The average molecular weight is 375 g/mol. The Morgan fingerprint density at radius 3 is 1.85 bits per heavy atom. The summed E-state index contributed by atoms with van der Waals surface area (Å²) in [7, 11) is -2.09. The van der Waals surface area contributed by atoms with Gasteiger partial charge in [-0.3, -0.25) is 0 Å². The first-order valence-corrected chi connectivity index (χ1v) is 11.2. The maximum Gasteiger partial charge on any atom is 0.210 e. The van der Waals surface area contributed by atoms with Crippen LogP contribution in [0, 0.1) is 6.92 Å². The van der Waals surface area contributed by atoms with Gasteiger partial charge < -0.3 is 5.73 Å². The Hall–Kier alpha value is -2.48. The zero-order chi connectivity index (χ0) is 18.0. The van der Waals surface area contributed by atoms with Gasteiger partial charge in [-0.15, -0.1) is 11.3 Å². The molecule has 0 aliphatic rings. The third-order valence-electron chi connectivity index (χ3n) is 4.53. The monoisotopic (exact) mass is 375 g/mol. The predicted octanol–water partition coefficient (Wildman–Crippen LogP) is 3.65. The number of anilines is 1. The molecule has 0 fully saturated rings. The quantitative estimate of drug-likeness (QED) is 0.553. The molecule has 2 nitrogen and oxygen atoms in total. The van der Waals surface area contributed by atoms with E-state index in [1.807, 2.05) is 0 Å². The molecule has 2 N–H and O–H groups in total. The minimum absolute atomic E-state index is 0.615. The summed E-state index contributed by atoms with van der Waals surface area (Å²) in [5.41, 5.74) is 8.39. The maximum absolute atomic E-state index is 6.06. The van der Waals surface area contributed by atoms with Gasteiger partial charge in [0, 0.05) is 0 Å². The molecule has 0 amide bonds. The van der Waals surface area contributed by atoms with Gasteiger partial charge in [-0.1, -0.05) is 48.5 Å². The number of nitrogen functional groups attached to an aromatic ring is 1. The summed E-state index contributed by atoms with van der Waals surface area (Å²) < 4.78 is 0. The van der Waals surface area contributed by atoms with Gasteiger partial charge in [0.25, 0.3) is 0 Å². The highest BCUT2D eigenvalue weighted by atomic mass is 32.1. The Morgan fingerprint density at radius 2 is 1.35 bits per heavy atom. The van der Waals surface area contributed by atoms with E-state index in [0.717, 1.165) is 5.44 Å². The molecule has 128 valence electrons. The van der Waals surface area contributed by atoms with Crippen LogP contribution in [0.4, 0.5) is 5.13 Å². The molecule has 4 rings (SSSR count). The van der Waals surface area contributed by atoms with Gasteiger partial charge in [-0.2, -0.15) is 4.98 Å². The summed E-state index contributed by atoms with van der Waals surface area (Å²) in [6.45, 7) is 2.14. The Bertz CT molecular complexity index is 973. The molecule has 0 unspecified atom stereocenters. The van der Waals surface area contributed by atoms with Crippen LogP contribution in [0.5, 0.6) is 0 Å². The highest BCUT2D eigenvalue weighted by Gasteiger charge is 2.50. The van der Waals surface area contributed by atoms with E-state index in [1.54, 1.807) is 0 Å². The van der Waals surface area contributed by atoms with Crippen LogP contribution in [0.1, 0.15) is 5.56 Å². The van der Waals surface area contributed by atoms with Crippen molar-refractivity contribution >= 4 is 45.1 Å². The van der Waals surface area contributed by atoms with E-state index < -0.39 is 7.26 Å². The van der Waals surface area contributed by atoms with E-state index in [2.05, 4.69) is 97.2 Å². The van der Waals surface area contributed by atoms with Crippen LogP contribution >= 0.6 is 18.6 Å². The number of thiazole rings is 1. The standard InChI is InChI=1S/C22H20N2PS/c1-17-9-8-14-20(15-17)25(18-10-4-2-5-11-18,19-12-6-3-7-13-19)21-16-26-22(23)24-21/h2-16H,1H3,(H2,23,24)/q+1. The summed E-state index contributed by atoms with van der Waals surface area (Å²) in [4.78, 5) is 4.79. The lowest BCUT2D eigenvalue weighted by molar-refractivity contribution is 1.47. The van der Waals surface area contributed by atoms with Crippen molar-refractivity contribution in [2.75, 3.05) is 5.73 Å². The predicted molar refractivity (Wildman–Crippen MR) is 116 cm³/mol. The SMILES string of the molecule is Cc1cccc([P+](c2ccccc2)(c2ccccc2)c2csc(N)n2)c1. The van der Waals surface area contributed by atoms with Crippen molar-refractivity contribution < 1.29 is 0 Å². The highest BCUT2D eigenvalue weighted by Crippen LogP contribution is 2.54. The molecule has 1 heterocycles. The number of nitrogens with two attached hydrogens (primary N) is 1. The first-order chi connectivity index (χ1) is 12.7. The molecular formula is C22H20N2PS+. The van der Waals surface area contributed by atoms with Gasteiger partial charge in [0.2, 0.25) is 5.44 Å². The summed E-state index contributed by atoms with van der Waals surface area (Å²) in [5.74, 6) is 0. The molecule has 0 aliphatic carbocycles. The second-order valence-electron chi connectivity index (χ2n) is 6.22. The molecule has 0 atom stereocenters. The van der Waals surface area contributed by atoms with Crippen LogP contribution in [-0.4, -0.2) is 4.98 Å². The zero-order valence-corrected chi connectivity index (χ0v) is 16.3. The van der Waals surface area contributed by atoms with Crippen molar-refractivity contribution in [3.8, 4) is 0 Å². The number of nitrogens with zero attached hydrogens (tertiary/aromatic N) is 1. The summed E-state index contributed by atoms with van der Waals surface area (Å²) in [5, 5.41) is 6.64. The average Bonchev–Trinajstić information content (AvgIpc) is 3.11. The number of aromatic nitrogens is 1. The maximum atomic E-state index is 6.06. The van der Waals surface area contributed by atoms with Crippen molar-refractivity contribution in [2.24, 2.45) is 0 Å². The number of hydrogen-bond acceptors (Lipinski definition) is 3. The minimum Gasteiger partial charge on any atom is -0.375 e. The Balaban J connectivity index is 2.14. The topological polar surface area (TPSA) is 38.9 Å². The van der Waals surface area contributed by atoms with Crippen molar-refractivity contribution in [2.45, 2.75) is 6.92 Å². The third kappa shape index (κ3) is 2.84. The second kappa shape index (κ2) is 7.03. The van der Waals surface area contributed by atoms with Crippen LogP contribution in [-0.2, 0) is 0 Å². The molecule has 0 bridgehead atoms. The van der Waals surface area contributed by atoms with Crippen molar-refractivity contribution in [1.82, 2.24) is 4.98 Å². The first kappa shape index (κ1) is 17.0. The van der Waals surface area contributed by atoms with E-state index in [1.165, 1.54) is 32.8 Å². The zero-order valence-electron chi connectivity index (χ0n) is 14.5. The molecule has 4 heteroatoms. The van der Waals surface area contributed by atoms with Crippen LogP contribution in [0.25, 0.3) is 0 Å². The third-order valence-corrected chi connectivity index (χ3v) is 9.49. The van der Waals surface area contributed by atoms with E-state index in [-0.39, 0.29) is 0 Å². The molecule has 4 aromatic rings. The molecule has 26 heavy (non-hydrogen) atoms. The van der Waals surface area contributed by atoms with Gasteiger partial charge in [-0.25, -0.2) is 0 Å². The molecular weight excluding hydrogens is 355 g/mol. The van der Waals surface area contributed by atoms with Crippen LogP contribution in [0.3, 0.4) is 0 Å². The summed E-state index contributed by atoms with van der Waals surface area (Å²) in [6.07, 6.45) is 0. The Labute approximate surface area is 158 Å². The van der Waals surface area contributed by atoms with Crippen molar-refractivity contribution in [3.05, 3.63) is 95.9 Å². The fraction of sp³-hybridized carbons (Fsp3) is 0.0455. The van der Waals surface area contributed by atoms with Gasteiger partial charge in [0.15, 0.2) is 12.4 Å². The van der Waals surface area contributed by atoms with Gasteiger partial charge in [0.1, 0.15) is 15.9 Å². The molecule has 1 aromatic heterocycles. The molecule has 3 aromatic carbocycles. The first-order valence-electron chi connectivity index (χ1n) is 8.50. The van der Waals surface area contributed by atoms with Crippen molar-refractivity contribution in [1.29, 1.82) is 0 Å². The van der Waals surface area contributed by atoms with Crippen molar-refractivity contribution in [3.63, 3.8) is 0 Å². The van der Waals surface area contributed by atoms with Gasteiger partial charge in [0.05, 0.1) is 5.38 Å². The molecule has 0 radical (unpaired) electrons. The number of rotatable bonds is 4. The van der Waals surface area contributed by atoms with E-state index in [9.17, 15) is 0 Å². The highest BCUT2D eigenvalue weighted by molar-refractivity contribution is 8.01. The fourth-order valence-electron chi connectivity index (χ4n) is 3.42. The Morgan fingerprint density at radius 1 is 0.769 bits per heavy atom. The molecule has 0 aliphatic heterocycles. The lowest BCUT2D eigenvalue weighted by Crippen LogP contribution is -2.39. The molecule has 0 saturated heterocycles. The fourth-order valence-corrected chi connectivity index (χ4v) is 8.60. The number of benzene rings is 3. The second-order valence-corrected chi connectivity index (χ2v) is 10.5. The minimum atomic E-state index is -2.09. The lowest BCUT2D eigenvalue weighted by atomic mass is 10.2. The van der Waals surface area contributed by atoms with E-state index in [0.29, 0.717) is 5.13 Å². The molecule has 0 spiro atoms. The lowest BCUT2D eigenvalue weighted by Gasteiger charge is -2.25. The van der Waals surface area contributed by atoms with Gasteiger partial charge >= 0.3 is 0 Å².